The van der Waals surface area contributed by atoms with Crippen LogP contribution in [0, 0.1) is 13.8 Å². The molecule has 0 radical (unpaired) electrons. The molecule has 1 atom stereocenters. The molecule has 1 aromatic carbocycles. The van der Waals surface area contributed by atoms with E-state index in [1.165, 1.54) is 5.56 Å². The van der Waals surface area contributed by atoms with Crippen molar-refractivity contribution in [3.05, 3.63) is 58.9 Å². The van der Waals surface area contributed by atoms with Crippen molar-refractivity contribution in [2.24, 2.45) is 0 Å². The molecule has 2 aromatic rings. The number of benzene rings is 1. The van der Waals surface area contributed by atoms with Crippen LogP contribution in [0.4, 0.5) is 0 Å². The third-order valence-corrected chi connectivity index (χ3v) is 4.72. The Bertz CT molecular complexity index is 746. The van der Waals surface area contributed by atoms with Crippen molar-refractivity contribution in [1.82, 2.24) is 4.57 Å². The van der Waals surface area contributed by atoms with E-state index in [0.29, 0.717) is 24.9 Å². The topological polar surface area (TPSA) is 48.3 Å². The third kappa shape index (κ3) is 3.42. The van der Waals surface area contributed by atoms with Gasteiger partial charge in [0, 0.05) is 24.4 Å². The van der Waals surface area contributed by atoms with E-state index in [9.17, 15) is 9.59 Å². The Morgan fingerprint density at radius 1 is 1.21 bits per heavy atom. The highest BCUT2D eigenvalue weighted by molar-refractivity contribution is 5.94. The number of carbonyl (C=O) groups is 2. The first-order valence-corrected chi connectivity index (χ1v) is 8.50. The number of rotatable bonds is 4. The summed E-state index contributed by atoms with van der Waals surface area (Å²) in [6, 6.07) is 12.0. The van der Waals surface area contributed by atoms with Gasteiger partial charge in [0.05, 0.1) is 5.56 Å². The van der Waals surface area contributed by atoms with Crippen LogP contribution in [0.5, 0.6) is 0 Å². The molecule has 1 aromatic heterocycles. The molecule has 0 saturated heterocycles. The molecule has 1 heterocycles. The van der Waals surface area contributed by atoms with E-state index in [4.69, 9.17) is 4.74 Å². The quantitative estimate of drug-likeness (QED) is 0.803. The average Bonchev–Trinajstić information content (AvgIpc) is 2.86. The molecule has 0 N–H and O–H groups in total. The van der Waals surface area contributed by atoms with Gasteiger partial charge in [-0.05, 0) is 44.7 Å². The Labute approximate surface area is 142 Å². The molecule has 1 fully saturated rings. The Hall–Kier alpha value is -2.36. The zero-order valence-electron chi connectivity index (χ0n) is 14.2. The standard InChI is InChI=1S/C20H23NO3/c1-14-12-17(20(23)24-19-11-7-6-10-18(19)22)15(2)21(14)13-16-8-4-3-5-9-16/h3-5,8-9,12,19H,6-7,10-11,13H2,1-2H3/t19-/m0/s1. The predicted octanol–water partition coefficient (Wildman–Crippen LogP) is 3.82. The minimum absolute atomic E-state index is 0.0488. The first-order valence-electron chi connectivity index (χ1n) is 8.50. The molecule has 0 amide bonds. The highest BCUT2D eigenvalue weighted by Gasteiger charge is 2.27. The van der Waals surface area contributed by atoms with Gasteiger partial charge in [-0.2, -0.15) is 0 Å². The molecule has 1 saturated carbocycles. The molecule has 126 valence electrons. The van der Waals surface area contributed by atoms with Crippen molar-refractivity contribution in [3.63, 3.8) is 0 Å². The van der Waals surface area contributed by atoms with Crippen LogP contribution in [-0.4, -0.2) is 22.4 Å². The fourth-order valence-corrected chi connectivity index (χ4v) is 3.29. The maximum absolute atomic E-state index is 12.5. The summed E-state index contributed by atoms with van der Waals surface area (Å²) in [6.45, 7) is 4.63. The minimum atomic E-state index is -0.566. The zero-order valence-corrected chi connectivity index (χ0v) is 14.2. The molecule has 24 heavy (non-hydrogen) atoms. The summed E-state index contributed by atoms with van der Waals surface area (Å²) < 4.78 is 7.59. The summed E-state index contributed by atoms with van der Waals surface area (Å²) in [4.78, 5) is 24.4. The van der Waals surface area contributed by atoms with Crippen LogP contribution in [-0.2, 0) is 16.1 Å². The number of carbonyl (C=O) groups excluding carboxylic acids is 2. The summed E-state index contributed by atoms with van der Waals surface area (Å²) in [6.07, 6.45) is 2.44. The van der Waals surface area contributed by atoms with Crippen molar-refractivity contribution in [3.8, 4) is 0 Å². The summed E-state index contributed by atoms with van der Waals surface area (Å²) in [5.74, 6) is -0.338. The second-order valence-electron chi connectivity index (χ2n) is 6.46. The van der Waals surface area contributed by atoms with Gasteiger partial charge < -0.3 is 9.30 Å². The lowest BCUT2D eigenvalue weighted by Gasteiger charge is -2.20. The summed E-state index contributed by atoms with van der Waals surface area (Å²) in [7, 11) is 0. The van der Waals surface area contributed by atoms with Gasteiger partial charge in [0.15, 0.2) is 11.9 Å². The zero-order chi connectivity index (χ0) is 17.1. The number of ketones is 1. The van der Waals surface area contributed by atoms with Gasteiger partial charge in [-0.25, -0.2) is 4.79 Å². The molecule has 1 aliphatic rings. The predicted molar refractivity (Wildman–Crippen MR) is 92.1 cm³/mol. The lowest BCUT2D eigenvalue weighted by Crippen LogP contribution is -2.30. The number of Topliss-reactive ketones (excluding diaryl/α,β-unsaturated/α-hetero) is 1. The number of ether oxygens (including phenoxy) is 1. The SMILES string of the molecule is Cc1cc(C(=O)O[C@H]2CCCCC2=O)c(C)n1Cc1ccccc1. The molecule has 0 spiro atoms. The second kappa shape index (κ2) is 7.04. The summed E-state index contributed by atoms with van der Waals surface area (Å²) >= 11 is 0. The number of nitrogens with zero attached hydrogens (tertiary/aromatic N) is 1. The Balaban J connectivity index is 1.77. The summed E-state index contributed by atoms with van der Waals surface area (Å²) in [5.41, 5.74) is 3.63. The maximum atomic E-state index is 12.5. The second-order valence-corrected chi connectivity index (χ2v) is 6.46. The molecule has 4 heteroatoms. The highest BCUT2D eigenvalue weighted by atomic mass is 16.5. The Kier molecular flexibility index (Phi) is 4.84. The van der Waals surface area contributed by atoms with E-state index in [2.05, 4.69) is 16.7 Å². The lowest BCUT2D eigenvalue weighted by molar-refractivity contribution is -0.129. The van der Waals surface area contributed by atoms with Gasteiger partial charge in [-0.3, -0.25) is 4.79 Å². The molecular weight excluding hydrogens is 302 g/mol. The van der Waals surface area contributed by atoms with E-state index in [0.717, 1.165) is 24.2 Å². The van der Waals surface area contributed by atoms with E-state index in [-0.39, 0.29) is 11.8 Å². The number of esters is 1. The molecule has 1 aliphatic carbocycles. The van der Waals surface area contributed by atoms with Crippen LogP contribution in [0.2, 0.25) is 0 Å². The smallest absolute Gasteiger partial charge is 0.340 e. The first-order chi connectivity index (χ1) is 11.6. The maximum Gasteiger partial charge on any atom is 0.340 e. The van der Waals surface area contributed by atoms with Crippen LogP contribution in [0.15, 0.2) is 36.4 Å². The Morgan fingerprint density at radius 3 is 2.67 bits per heavy atom. The molecule has 0 aliphatic heterocycles. The van der Waals surface area contributed by atoms with Gasteiger partial charge >= 0.3 is 5.97 Å². The van der Waals surface area contributed by atoms with Crippen LogP contribution < -0.4 is 0 Å². The normalized spacial score (nSPS) is 17.8. The molecule has 4 nitrogen and oxygen atoms in total. The monoisotopic (exact) mass is 325 g/mol. The van der Waals surface area contributed by atoms with Crippen LogP contribution >= 0.6 is 0 Å². The molecule has 0 unspecified atom stereocenters. The van der Waals surface area contributed by atoms with Gasteiger partial charge in [-0.15, -0.1) is 0 Å². The third-order valence-electron chi connectivity index (χ3n) is 4.72. The average molecular weight is 325 g/mol. The van der Waals surface area contributed by atoms with Crippen molar-refractivity contribution >= 4 is 11.8 Å². The van der Waals surface area contributed by atoms with Crippen molar-refractivity contribution in [2.75, 3.05) is 0 Å². The number of aryl methyl sites for hydroxylation is 1. The molecule has 3 rings (SSSR count). The number of aromatic nitrogens is 1. The first kappa shape index (κ1) is 16.5. The van der Waals surface area contributed by atoms with Gasteiger partial charge in [0.25, 0.3) is 0 Å². The lowest BCUT2D eigenvalue weighted by atomic mass is 9.96. The van der Waals surface area contributed by atoms with Crippen LogP contribution in [0.3, 0.4) is 0 Å². The van der Waals surface area contributed by atoms with Crippen LogP contribution in [0.1, 0.15) is 53.0 Å². The molecular formula is C20H23NO3. The van der Waals surface area contributed by atoms with E-state index < -0.39 is 6.10 Å². The highest BCUT2D eigenvalue weighted by Crippen LogP contribution is 2.22. The fraction of sp³-hybridized carbons (Fsp3) is 0.400. The van der Waals surface area contributed by atoms with Crippen LogP contribution in [0.25, 0.3) is 0 Å². The largest absolute Gasteiger partial charge is 0.451 e. The molecule has 0 bridgehead atoms. The van der Waals surface area contributed by atoms with E-state index in [1.807, 2.05) is 38.1 Å². The Morgan fingerprint density at radius 2 is 1.96 bits per heavy atom. The van der Waals surface area contributed by atoms with Crippen molar-refractivity contribution in [1.29, 1.82) is 0 Å². The van der Waals surface area contributed by atoms with E-state index >= 15 is 0 Å². The minimum Gasteiger partial charge on any atom is -0.451 e. The van der Waals surface area contributed by atoms with E-state index in [1.54, 1.807) is 0 Å². The van der Waals surface area contributed by atoms with Gasteiger partial charge in [-0.1, -0.05) is 30.3 Å². The van der Waals surface area contributed by atoms with Crippen molar-refractivity contribution < 1.29 is 14.3 Å². The number of hydrogen-bond donors (Lipinski definition) is 0. The fourth-order valence-electron chi connectivity index (χ4n) is 3.29. The summed E-state index contributed by atoms with van der Waals surface area (Å²) in [5, 5.41) is 0. The van der Waals surface area contributed by atoms with Gasteiger partial charge in [0.1, 0.15) is 0 Å². The van der Waals surface area contributed by atoms with Crippen molar-refractivity contribution in [2.45, 2.75) is 52.2 Å². The number of hydrogen-bond acceptors (Lipinski definition) is 3. The van der Waals surface area contributed by atoms with Gasteiger partial charge in [0.2, 0.25) is 0 Å².